The number of hydrogen-bond donors (Lipinski definition) is 1. The molecule has 0 saturated carbocycles. The molecule has 1 aromatic carbocycles. The summed E-state index contributed by atoms with van der Waals surface area (Å²) in [6.07, 6.45) is 8.43. The van der Waals surface area contributed by atoms with Gasteiger partial charge in [-0.05, 0) is 55.5 Å². The first kappa shape index (κ1) is 17.4. The fourth-order valence-corrected chi connectivity index (χ4v) is 2.44. The van der Waals surface area contributed by atoms with Crippen molar-refractivity contribution in [2.24, 2.45) is 0 Å². The summed E-state index contributed by atoms with van der Waals surface area (Å²) >= 11 is 1.94. The molecule has 1 aromatic rings. The van der Waals surface area contributed by atoms with E-state index in [1.54, 1.807) is 0 Å². The van der Waals surface area contributed by atoms with E-state index in [1.165, 1.54) is 37.0 Å². The van der Waals surface area contributed by atoms with Gasteiger partial charge in [0.15, 0.2) is 0 Å². The first-order chi connectivity index (χ1) is 9.86. The Kier molecular flexibility index (Phi) is 10.5. The average Bonchev–Trinajstić information content (AvgIpc) is 2.48. The van der Waals surface area contributed by atoms with E-state index in [4.69, 9.17) is 4.74 Å². The number of nitrogens with one attached hydrogen (secondary N) is 1. The Balaban J connectivity index is 2.08. The van der Waals surface area contributed by atoms with Crippen LogP contribution < -0.4 is 10.1 Å². The van der Waals surface area contributed by atoms with Crippen LogP contribution in [0.15, 0.2) is 24.3 Å². The Hall–Kier alpha value is -0.670. The van der Waals surface area contributed by atoms with Crippen LogP contribution in [0, 0.1) is 0 Å². The van der Waals surface area contributed by atoms with Crippen molar-refractivity contribution in [1.82, 2.24) is 5.32 Å². The first-order valence-corrected chi connectivity index (χ1v) is 9.17. The summed E-state index contributed by atoms with van der Waals surface area (Å²) in [5.74, 6) is 2.28. The predicted octanol–water partition coefficient (Wildman–Crippen LogP) is 4.49. The normalized spacial score (nSPS) is 10.7. The van der Waals surface area contributed by atoms with Gasteiger partial charge < -0.3 is 10.1 Å². The van der Waals surface area contributed by atoms with E-state index >= 15 is 0 Å². The molecule has 1 N–H and O–H groups in total. The Bertz CT molecular complexity index is 326. The maximum atomic E-state index is 5.66. The topological polar surface area (TPSA) is 21.3 Å². The van der Waals surface area contributed by atoms with E-state index in [0.29, 0.717) is 0 Å². The van der Waals surface area contributed by atoms with Crippen LogP contribution in [0.5, 0.6) is 5.75 Å². The lowest BCUT2D eigenvalue weighted by Gasteiger charge is -2.07. The molecule has 0 bridgehead atoms. The minimum Gasteiger partial charge on any atom is -0.494 e. The van der Waals surface area contributed by atoms with E-state index in [-0.39, 0.29) is 0 Å². The van der Waals surface area contributed by atoms with Gasteiger partial charge in [-0.2, -0.15) is 11.8 Å². The molecule has 0 fully saturated rings. The molecule has 0 aromatic heterocycles. The Morgan fingerprint density at radius 2 is 1.85 bits per heavy atom. The molecule has 0 unspecified atom stereocenters. The summed E-state index contributed by atoms with van der Waals surface area (Å²) in [5.41, 5.74) is 1.33. The summed E-state index contributed by atoms with van der Waals surface area (Å²) in [4.78, 5) is 0. The van der Waals surface area contributed by atoms with Crippen LogP contribution >= 0.6 is 11.8 Å². The van der Waals surface area contributed by atoms with Gasteiger partial charge in [0.05, 0.1) is 6.61 Å². The molecule has 1 rings (SSSR count). The first-order valence-electron chi connectivity index (χ1n) is 7.78. The molecule has 0 saturated heterocycles. The smallest absolute Gasteiger partial charge is 0.119 e. The minimum atomic E-state index is 0.824. The van der Waals surface area contributed by atoms with Crippen LogP contribution in [0.3, 0.4) is 0 Å². The monoisotopic (exact) mass is 295 g/mol. The highest BCUT2D eigenvalue weighted by molar-refractivity contribution is 7.98. The highest BCUT2D eigenvalue weighted by Crippen LogP contribution is 2.12. The zero-order chi connectivity index (χ0) is 14.5. The SMILES string of the molecule is CCCCOc1ccc(CNCCCCCSC)cc1. The van der Waals surface area contributed by atoms with Crippen molar-refractivity contribution in [3.8, 4) is 5.75 Å². The second kappa shape index (κ2) is 12.1. The summed E-state index contributed by atoms with van der Waals surface area (Å²) in [6.45, 7) is 5.07. The fraction of sp³-hybridized carbons (Fsp3) is 0.647. The van der Waals surface area contributed by atoms with Crippen molar-refractivity contribution < 1.29 is 4.74 Å². The minimum absolute atomic E-state index is 0.824. The van der Waals surface area contributed by atoms with Gasteiger partial charge in [-0.1, -0.05) is 31.9 Å². The Labute approximate surface area is 128 Å². The van der Waals surface area contributed by atoms with Crippen LogP contribution in [-0.4, -0.2) is 25.2 Å². The summed E-state index contributed by atoms with van der Waals surface area (Å²) < 4.78 is 5.66. The van der Waals surface area contributed by atoms with Gasteiger partial charge in [-0.25, -0.2) is 0 Å². The van der Waals surface area contributed by atoms with Crippen LogP contribution in [0.1, 0.15) is 44.6 Å². The molecule has 2 nitrogen and oxygen atoms in total. The molecule has 0 aliphatic rings. The van der Waals surface area contributed by atoms with Gasteiger partial charge in [0.2, 0.25) is 0 Å². The summed E-state index contributed by atoms with van der Waals surface area (Å²) in [6, 6.07) is 8.46. The molecule has 0 spiro atoms. The van der Waals surface area contributed by atoms with E-state index < -0.39 is 0 Å². The predicted molar refractivity (Wildman–Crippen MR) is 90.8 cm³/mol. The molecule has 0 amide bonds. The maximum Gasteiger partial charge on any atom is 0.119 e. The van der Waals surface area contributed by atoms with E-state index in [2.05, 4.69) is 42.8 Å². The van der Waals surface area contributed by atoms with Crippen molar-refractivity contribution >= 4 is 11.8 Å². The number of benzene rings is 1. The molecule has 20 heavy (non-hydrogen) atoms. The maximum absolute atomic E-state index is 5.66. The van der Waals surface area contributed by atoms with Crippen LogP contribution in [0.2, 0.25) is 0 Å². The van der Waals surface area contributed by atoms with Crippen LogP contribution in [-0.2, 0) is 6.54 Å². The number of hydrogen-bond acceptors (Lipinski definition) is 3. The Morgan fingerprint density at radius 1 is 1.05 bits per heavy atom. The van der Waals surface area contributed by atoms with Crippen LogP contribution in [0.25, 0.3) is 0 Å². The lowest BCUT2D eigenvalue weighted by Crippen LogP contribution is -2.14. The molecule has 0 radical (unpaired) electrons. The van der Waals surface area contributed by atoms with E-state index in [1.807, 2.05) is 11.8 Å². The lowest BCUT2D eigenvalue weighted by atomic mass is 10.2. The highest BCUT2D eigenvalue weighted by atomic mass is 32.2. The molecular weight excluding hydrogens is 266 g/mol. The second-order valence-corrected chi connectivity index (χ2v) is 6.06. The van der Waals surface area contributed by atoms with Crippen molar-refractivity contribution in [3.05, 3.63) is 29.8 Å². The number of unbranched alkanes of at least 4 members (excludes halogenated alkanes) is 3. The van der Waals surface area contributed by atoms with Crippen molar-refractivity contribution in [3.63, 3.8) is 0 Å². The average molecular weight is 295 g/mol. The molecule has 3 heteroatoms. The molecular formula is C17H29NOS. The van der Waals surface area contributed by atoms with Gasteiger partial charge in [0.1, 0.15) is 5.75 Å². The number of thioether (sulfide) groups is 1. The van der Waals surface area contributed by atoms with E-state index in [0.717, 1.165) is 31.9 Å². The lowest BCUT2D eigenvalue weighted by molar-refractivity contribution is 0.309. The third kappa shape index (κ3) is 8.49. The Morgan fingerprint density at radius 3 is 2.55 bits per heavy atom. The molecule has 0 atom stereocenters. The second-order valence-electron chi connectivity index (χ2n) is 5.08. The quantitative estimate of drug-likeness (QED) is 0.574. The van der Waals surface area contributed by atoms with Crippen molar-refractivity contribution in [1.29, 1.82) is 0 Å². The van der Waals surface area contributed by atoms with Gasteiger partial charge in [-0.3, -0.25) is 0 Å². The highest BCUT2D eigenvalue weighted by Gasteiger charge is 1.96. The van der Waals surface area contributed by atoms with Gasteiger partial charge >= 0.3 is 0 Å². The zero-order valence-corrected chi connectivity index (χ0v) is 13.8. The largest absolute Gasteiger partial charge is 0.494 e. The molecule has 114 valence electrons. The van der Waals surface area contributed by atoms with Gasteiger partial charge in [0, 0.05) is 6.54 Å². The van der Waals surface area contributed by atoms with Crippen molar-refractivity contribution in [2.45, 2.75) is 45.6 Å². The third-order valence-electron chi connectivity index (χ3n) is 3.22. The number of rotatable bonds is 12. The van der Waals surface area contributed by atoms with Crippen molar-refractivity contribution in [2.75, 3.05) is 25.2 Å². The zero-order valence-electron chi connectivity index (χ0n) is 13.0. The molecule has 0 aliphatic heterocycles. The molecule has 0 heterocycles. The van der Waals surface area contributed by atoms with Gasteiger partial charge in [0.25, 0.3) is 0 Å². The summed E-state index contributed by atoms with van der Waals surface area (Å²) in [7, 11) is 0. The number of ether oxygens (including phenoxy) is 1. The summed E-state index contributed by atoms with van der Waals surface area (Å²) in [5, 5.41) is 3.50. The molecule has 0 aliphatic carbocycles. The standard InChI is InChI=1S/C17H29NOS/c1-3-4-13-19-17-10-8-16(9-11-17)15-18-12-6-5-7-14-20-2/h8-11,18H,3-7,12-15H2,1-2H3. The van der Waals surface area contributed by atoms with Gasteiger partial charge in [-0.15, -0.1) is 0 Å². The fourth-order valence-electron chi connectivity index (χ4n) is 1.94. The van der Waals surface area contributed by atoms with E-state index in [9.17, 15) is 0 Å². The third-order valence-corrected chi connectivity index (χ3v) is 3.92. The van der Waals surface area contributed by atoms with Crippen LogP contribution in [0.4, 0.5) is 0 Å².